The van der Waals surface area contributed by atoms with Crippen molar-refractivity contribution in [1.82, 2.24) is 0 Å². The quantitative estimate of drug-likeness (QED) is 0.797. The Labute approximate surface area is 128 Å². The zero-order valence-electron chi connectivity index (χ0n) is 11.4. The van der Waals surface area contributed by atoms with Crippen LogP contribution in [0, 0.1) is 11.3 Å². The fourth-order valence-electron chi connectivity index (χ4n) is 2.07. The van der Waals surface area contributed by atoms with Crippen molar-refractivity contribution in [3.8, 4) is 6.07 Å². The third-order valence-corrected chi connectivity index (χ3v) is 4.23. The maximum absolute atomic E-state index is 9.34. The van der Waals surface area contributed by atoms with Gasteiger partial charge >= 0.3 is 0 Å². The van der Waals surface area contributed by atoms with Gasteiger partial charge in [-0.1, -0.05) is 35.9 Å². The largest absolute Gasteiger partial charge is 0.377 e. The first-order chi connectivity index (χ1) is 9.67. The molecule has 0 saturated carbocycles. The number of nitrogens with one attached hydrogen (secondary N) is 1. The topological polar surface area (TPSA) is 35.8 Å². The van der Waals surface area contributed by atoms with Crippen molar-refractivity contribution in [2.75, 3.05) is 11.6 Å². The lowest BCUT2D eigenvalue weighted by atomic mass is 10.1. The Morgan fingerprint density at radius 2 is 1.95 bits per heavy atom. The molecular weight excluding hydrogens is 288 g/mol. The summed E-state index contributed by atoms with van der Waals surface area (Å²) in [4.78, 5) is 0.976. The summed E-state index contributed by atoms with van der Waals surface area (Å²) in [5.74, 6) is 0. The van der Waals surface area contributed by atoms with Gasteiger partial charge in [0.2, 0.25) is 0 Å². The SMILES string of the molecule is CSc1cccc(NC(C)c2ccccc2Cl)c1C#N. The fraction of sp³-hybridized carbons (Fsp3) is 0.188. The molecule has 0 aliphatic carbocycles. The molecule has 2 aromatic carbocycles. The smallest absolute Gasteiger partial charge is 0.102 e. The van der Waals surface area contributed by atoms with E-state index in [0.29, 0.717) is 5.56 Å². The first-order valence-electron chi connectivity index (χ1n) is 6.25. The van der Waals surface area contributed by atoms with E-state index < -0.39 is 0 Å². The lowest BCUT2D eigenvalue weighted by molar-refractivity contribution is 0.883. The van der Waals surface area contributed by atoms with Gasteiger partial charge in [-0.15, -0.1) is 11.8 Å². The highest BCUT2D eigenvalue weighted by Crippen LogP contribution is 2.30. The van der Waals surface area contributed by atoms with Crippen molar-refractivity contribution >= 4 is 29.1 Å². The van der Waals surface area contributed by atoms with Crippen LogP contribution >= 0.6 is 23.4 Å². The second-order valence-corrected chi connectivity index (χ2v) is 5.64. The van der Waals surface area contributed by atoms with Crippen molar-refractivity contribution in [2.45, 2.75) is 17.9 Å². The fourth-order valence-corrected chi connectivity index (χ4v) is 2.95. The zero-order chi connectivity index (χ0) is 14.5. The Hall–Kier alpha value is -1.63. The molecule has 0 bridgehead atoms. The van der Waals surface area contributed by atoms with E-state index >= 15 is 0 Å². The third kappa shape index (κ3) is 3.09. The first-order valence-corrected chi connectivity index (χ1v) is 7.85. The summed E-state index contributed by atoms with van der Waals surface area (Å²) in [6, 6.07) is 15.9. The molecule has 0 heterocycles. The van der Waals surface area contributed by atoms with E-state index in [-0.39, 0.29) is 6.04 Å². The van der Waals surface area contributed by atoms with Crippen LogP contribution in [0.25, 0.3) is 0 Å². The molecule has 0 aliphatic rings. The van der Waals surface area contributed by atoms with E-state index in [0.717, 1.165) is 21.2 Å². The second kappa shape index (κ2) is 6.69. The summed E-state index contributed by atoms with van der Waals surface area (Å²) < 4.78 is 0. The van der Waals surface area contributed by atoms with Gasteiger partial charge in [-0.25, -0.2) is 0 Å². The second-order valence-electron chi connectivity index (χ2n) is 4.38. The van der Waals surface area contributed by atoms with Crippen LogP contribution in [0.4, 0.5) is 5.69 Å². The number of hydrogen-bond acceptors (Lipinski definition) is 3. The molecule has 2 aromatic rings. The molecule has 1 atom stereocenters. The third-order valence-electron chi connectivity index (χ3n) is 3.10. The van der Waals surface area contributed by atoms with Crippen LogP contribution in [-0.2, 0) is 0 Å². The number of nitrogens with zero attached hydrogens (tertiary/aromatic N) is 1. The summed E-state index contributed by atoms with van der Waals surface area (Å²) in [5, 5.41) is 13.4. The molecule has 0 spiro atoms. The molecule has 0 aliphatic heterocycles. The Kier molecular flexibility index (Phi) is 4.94. The van der Waals surface area contributed by atoms with Crippen LogP contribution in [0.5, 0.6) is 0 Å². The van der Waals surface area contributed by atoms with E-state index in [9.17, 15) is 5.26 Å². The maximum atomic E-state index is 9.34. The molecular formula is C16H15ClN2S. The van der Waals surface area contributed by atoms with E-state index in [1.165, 1.54) is 0 Å². The van der Waals surface area contributed by atoms with Crippen molar-refractivity contribution in [2.24, 2.45) is 0 Å². The summed E-state index contributed by atoms with van der Waals surface area (Å²) in [7, 11) is 0. The van der Waals surface area contributed by atoms with Crippen molar-refractivity contribution in [1.29, 1.82) is 5.26 Å². The van der Waals surface area contributed by atoms with Crippen LogP contribution in [0.2, 0.25) is 5.02 Å². The van der Waals surface area contributed by atoms with E-state index in [2.05, 4.69) is 11.4 Å². The Morgan fingerprint density at radius 1 is 1.20 bits per heavy atom. The average molecular weight is 303 g/mol. The zero-order valence-corrected chi connectivity index (χ0v) is 12.9. The lowest BCUT2D eigenvalue weighted by Gasteiger charge is -2.18. The highest BCUT2D eigenvalue weighted by Gasteiger charge is 2.12. The molecule has 4 heteroatoms. The Balaban J connectivity index is 2.31. The van der Waals surface area contributed by atoms with Crippen molar-refractivity contribution in [3.05, 3.63) is 58.6 Å². The molecule has 0 amide bonds. The molecule has 102 valence electrons. The Morgan fingerprint density at radius 3 is 2.60 bits per heavy atom. The molecule has 0 radical (unpaired) electrons. The van der Waals surface area contributed by atoms with Gasteiger partial charge < -0.3 is 5.32 Å². The molecule has 2 nitrogen and oxygen atoms in total. The molecule has 0 aromatic heterocycles. The minimum Gasteiger partial charge on any atom is -0.377 e. The highest BCUT2D eigenvalue weighted by atomic mass is 35.5. The van der Waals surface area contributed by atoms with Gasteiger partial charge in [-0.2, -0.15) is 5.26 Å². The van der Waals surface area contributed by atoms with E-state index in [1.54, 1.807) is 11.8 Å². The number of rotatable bonds is 4. The molecule has 20 heavy (non-hydrogen) atoms. The lowest BCUT2D eigenvalue weighted by Crippen LogP contribution is -2.08. The van der Waals surface area contributed by atoms with Gasteiger partial charge in [0, 0.05) is 9.92 Å². The molecule has 0 fully saturated rings. The summed E-state index contributed by atoms with van der Waals surface area (Å²) in [5.41, 5.74) is 2.54. The number of thioether (sulfide) groups is 1. The van der Waals surface area contributed by atoms with Crippen LogP contribution in [0.15, 0.2) is 47.4 Å². The highest BCUT2D eigenvalue weighted by molar-refractivity contribution is 7.98. The van der Waals surface area contributed by atoms with Crippen LogP contribution in [-0.4, -0.2) is 6.26 Å². The van der Waals surface area contributed by atoms with Crippen LogP contribution < -0.4 is 5.32 Å². The van der Waals surface area contributed by atoms with E-state index in [1.807, 2.05) is 55.6 Å². The minimum absolute atomic E-state index is 0.0351. The van der Waals surface area contributed by atoms with Gasteiger partial charge in [0.25, 0.3) is 0 Å². The van der Waals surface area contributed by atoms with Gasteiger partial charge in [0.1, 0.15) is 6.07 Å². The molecule has 0 saturated heterocycles. The van der Waals surface area contributed by atoms with Gasteiger partial charge in [-0.3, -0.25) is 0 Å². The maximum Gasteiger partial charge on any atom is 0.102 e. The van der Waals surface area contributed by atoms with Crippen LogP contribution in [0.3, 0.4) is 0 Å². The monoisotopic (exact) mass is 302 g/mol. The summed E-state index contributed by atoms with van der Waals surface area (Å²) in [6.45, 7) is 2.04. The van der Waals surface area contributed by atoms with Gasteiger partial charge in [0.15, 0.2) is 0 Å². The molecule has 2 rings (SSSR count). The van der Waals surface area contributed by atoms with Gasteiger partial charge in [-0.05, 0) is 36.9 Å². The van der Waals surface area contributed by atoms with Crippen LogP contribution in [0.1, 0.15) is 24.1 Å². The summed E-state index contributed by atoms with van der Waals surface area (Å²) in [6.07, 6.45) is 1.97. The number of hydrogen-bond donors (Lipinski definition) is 1. The van der Waals surface area contributed by atoms with Crippen molar-refractivity contribution < 1.29 is 0 Å². The average Bonchev–Trinajstić information content (AvgIpc) is 2.47. The normalized spacial score (nSPS) is 11.7. The number of anilines is 1. The predicted molar refractivity (Wildman–Crippen MR) is 86.4 cm³/mol. The number of nitriles is 1. The van der Waals surface area contributed by atoms with Crippen molar-refractivity contribution in [3.63, 3.8) is 0 Å². The standard InChI is InChI=1S/C16H15ClN2S/c1-11(12-6-3-4-7-14(12)17)19-15-8-5-9-16(20-2)13(15)10-18/h3-9,11,19H,1-2H3. The Bertz CT molecular complexity index is 649. The first kappa shape index (κ1) is 14.8. The summed E-state index contributed by atoms with van der Waals surface area (Å²) >= 11 is 7.78. The number of halogens is 1. The van der Waals surface area contributed by atoms with E-state index in [4.69, 9.17) is 11.6 Å². The predicted octanol–water partition coefficient (Wildman–Crippen LogP) is 5.11. The van der Waals surface area contributed by atoms with Gasteiger partial charge in [0.05, 0.1) is 17.3 Å². The number of benzene rings is 2. The molecule has 1 unspecified atom stereocenters. The molecule has 1 N–H and O–H groups in total. The minimum atomic E-state index is 0.0351.